The first-order valence-electron chi connectivity index (χ1n) is 6.89. The molecule has 8 heteroatoms. The highest BCUT2D eigenvalue weighted by atomic mass is 35.5. The molecule has 2 aromatic rings. The van der Waals surface area contributed by atoms with Gasteiger partial charge in [0.2, 0.25) is 0 Å². The molecule has 1 aliphatic rings. The summed E-state index contributed by atoms with van der Waals surface area (Å²) >= 11 is 7.54. The van der Waals surface area contributed by atoms with E-state index in [4.69, 9.17) is 16.7 Å². The number of fused-ring (bicyclic) bond motifs is 1. The van der Waals surface area contributed by atoms with Gasteiger partial charge in [0, 0.05) is 23.6 Å². The van der Waals surface area contributed by atoms with E-state index in [9.17, 15) is 4.79 Å². The highest BCUT2D eigenvalue weighted by molar-refractivity contribution is 7.99. The topological polar surface area (TPSA) is 71.2 Å². The Morgan fingerprint density at radius 2 is 2.09 bits per heavy atom. The van der Waals surface area contributed by atoms with Gasteiger partial charge in [0.15, 0.2) is 11.0 Å². The molecule has 0 unspecified atom stereocenters. The Balaban J connectivity index is 1.74. The van der Waals surface area contributed by atoms with Crippen molar-refractivity contribution in [2.75, 3.05) is 12.4 Å². The van der Waals surface area contributed by atoms with Gasteiger partial charge in [-0.25, -0.2) is 0 Å². The zero-order chi connectivity index (χ0) is 15.5. The maximum absolute atomic E-state index is 10.6. The van der Waals surface area contributed by atoms with Gasteiger partial charge in [0.05, 0.1) is 12.5 Å². The lowest BCUT2D eigenvalue weighted by Crippen LogP contribution is -2.31. The van der Waals surface area contributed by atoms with E-state index in [1.165, 1.54) is 0 Å². The van der Waals surface area contributed by atoms with Gasteiger partial charge in [-0.3, -0.25) is 14.3 Å². The number of carboxylic acids is 1. The zero-order valence-electron chi connectivity index (χ0n) is 11.8. The lowest BCUT2D eigenvalue weighted by atomic mass is 10.2. The van der Waals surface area contributed by atoms with Crippen LogP contribution >= 0.6 is 23.4 Å². The summed E-state index contributed by atoms with van der Waals surface area (Å²) in [6, 6.07) is 7.51. The van der Waals surface area contributed by atoms with E-state index < -0.39 is 5.97 Å². The fourth-order valence-corrected chi connectivity index (χ4v) is 3.35. The molecular formula is C14H15ClN4O2S. The Morgan fingerprint density at radius 1 is 1.32 bits per heavy atom. The number of nitrogens with zero attached hydrogens (tertiary/aromatic N) is 4. The molecule has 0 aliphatic carbocycles. The predicted octanol–water partition coefficient (Wildman–Crippen LogP) is 2.79. The maximum Gasteiger partial charge on any atom is 0.303 e. The highest BCUT2D eigenvalue weighted by Crippen LogP contribution is 2.29. The zero-order valence-corrected chi connectivity index (χ0v) is 13.3. The van der Waals surface area contributed by atoms with Crippen molar-refractivity contribution in [3.8, 4) is 11.4 Å². The van der Waals surface area contributed by atoms with Gasteiger partial charge in [0.1, 0.15) is 0 Å². The minimum atomic E-state index is -0.753. The van der Waals surface area contributed by atoms with Crippen LogP contribution < -0.4 is 0 Å². The van der Waals surface area contributed by atoms with Gasteiger partial charge in [-0.1, -0.05) is 23.4 Å². The van der Waals surface area contributed by atoms with Crippen LogP contribution in [0.1, 0.15) is 12.8 Å². The van der Waals surface area contributed by atoms with Crippen LogP contribution in [-0.4, -0.2) is 43.2 Å². The van der Waals surface area contributed by atoms with Crippen molar-refractivity contribution >= 4 is 29.3 Å². The van der Waals surface area contributed by atoms with E-state index in [1.807, 2.05) is 24.3 Å². The average Bonchev–Trinajstić information content (AvgIpc) is 2.91. The summed E-state index contributed by atoms with van der Waals surface area (Å²) in [5, 5.41) is 18.8. The summed E-state index contributed by atoms with van der Waals surface area (Å²) in [7, 11) is 0. The summed E-state index contributed by atoms with van der Waals surface area (Å²) < 4.78 is 2.05. The second-order valence-corrected chi connectivity index (χ2v) is 6.40. The van der Waals surface area contributed by atoms with Crippen LogP contribution in [0.3, 0.4) is 0 Å². The summed E-state index contributed by atoms with van der Waals surface area (Å²) in [4.78, 5) is 12.8. The van der Waals surface area contributed by atoms with E-state index in [1.54, 1.807) is 11.8 Å². The molecule has 0 fully saturated rings. The maximum atomic E-state index is 10.6. The summed E-state index contributed by atoms with van der Waals surface area (Å²) in [5.74, 6) is 0.858. The third-order valence-corrected chi connectivity index (χ3v) is 4.71. The summed E-state index contributed by atoms with van der Waals surface area (Å²) in [5.41, 5.74) is 0.969. The molecule has 1 aromatic heterocycles. The first-order valence-corrected chi connectivity index (χ1v) is 8.26. The number of benzene rings is 1. The number of halogens is 1. The molecular weight excluding hydrogens is 324 g/mol. The number of carboxylic acid groups (broad SMARTS) is 1. The Morgan fingerprint density at radius 3 is 2.82 bits per heavy atom. The highest BCUT2D eigenvalue weighted by Gasteiger charge is 2.22. The third kappa shape index (κ3) is 3.43. The largest absolute Gasteiger partial charge is 0.481 e. The normalized spacial score (nSPS) is 14.8. The standard InChI is InChI=1S/C14H15ClN4O2S/c15-11-5-3-10(4-6-11)13-16-17-14-19(13)8-18(9-22-14)7-1-2-12(20)21/h3-6H,1-2,7-9H2,(H,20,21). The van der Waals surface area contributed by atoms with Gasteiger partial charge in [0.25, 0.3) is 0 Å². The average molecular weight is 339 g/mol. The van der Waals surface area contributed by atoms with Crippen molar-refractivity contribution in [2.24, 2.45) is 0 Å². The quantitative estimate of drug-likeness (QED) is 0.903. The molecule has 1 N–H and O–H groups in total. The van der Waals surface area contributed by atoms with Gasteiger partial charge >= 0.3 is 5.97 Å². The molecule has 0 bridgehead atoms. The van der Waals surface area contributed by atoms with E-state index in [2.05, 4.69) is 19.7 Å². The molecule has 0 amide bonds. The lowest BCUT2D eigenvalue weighted by molar-refractivity contribution is -0.137. The first-order chi connectivity index (χ1) is 10.6. The molecule has 1 aromatic carbocycles. The SMILES string of the molecule is O=C(O)CCCN1CSc2nnc(-c3ccc(Cl)cc3)n2C1. The van der Waals surface area contributed by atoms with Gasteiger partial charge in [-0.15, -0.1) is 10.2 Å². The number of rotatable bonds is 5. The van der Waals surface area contributed by atoms with E-state index in [-0.39, 0.29) is 6.42 Å². The van der Waals surface area contributed by atoms with Crippen molar-refractivity contribution in [3.05, 3.63) is 29.3 Å². The van der Waals surface area contributed by atoms with Crippen LogP contribution in [0.15, 0.2) is 29.4 Å². The Labute approximate surface area is 137 Å². The monoisotopic (exact) mass is 338 g/mol. The van der Waals surface area contributed by atoms with Gasteiger partial charge in [-0.05, 0) is 30.7 Å². The number of hydrogen-bond acceptors (Lipinski definition) is 5. The van der Waals surface area contributed by atoms with Gasteiger partial charge < -0.3 is 5.11 Å². The molecule has 2 heterocycles. The first kappa shape index (κ1) is 15.3. The molecule has 6 nitrogen and oxygen atoms in total. The van der Waals surface area contributed by atoms with Crippen LogP contribution in [0.2, 0.25) is 5.02 Å². The van der Waals surface area contributed by atoms with E-state index in [0.29, 0.717) is 18.1 Å². The Kier molecular flexibility index (Phi) is 4.66. The van der Waals surface area contributed by atoms with Crippen molar-refractivity contribution in [1.29, 1.82) is 0 Å². The van der Waals surface area contributed by atoms with Crippen LogP contribution in [0.5, 0.6) is 0 Å². The number of aliphatic carboxylic acids is 1. The van der Waals surface area contributed by atoms with Crippen molar-refractivity contribution in [2.45, 2.75) is 24.7 Å². The van der Waals surface area contributed by atoms with Gasteiger partial charge in [-0.2, -0.15) is 0 Å². The van der Waals surface area contributed by atoms with Crippen molar-refractivity contribution in [3.63, 3.8) is 0 Å². The molecule has 0 atom stereocenters. The smallest absolute Gasteiger partial charge is 0.303 e. The third-order valence-electron chi connectivity index (χ3n) is 3.40. The number of thioether (sulfide) groups is 1. The molecule has 1 aliphatic heterocycles. The number of aromatic nitrogens is 3. The molecule has 0 saturated carbocycles. The fraction of sp³-hybridized carbons (Fsp3) is 0.357. The minimum absolute atomic E-state index is 0.195. The van der Waals surface area contributed by atoms with E-state index in [0.717, 1.165) is 29.0 Å². The fourth-order valence-electron chi connectivity index (χ4n) is 2.31. The lowest BCUT2D eigenvalue weighted by Gasteiger charge is -2.27. The van der Waals surface area contributed by atoms with E-state index >= 15 is 0 Å². The molecule has 0 radical (unpaired) electrons. The van der Waals surface area contributed by atoms with Crippen molar-refractivity contribution < 1.29 is 9.90 Å². The second kappa shape index (κ2) is 6.68. The summed E-state index contributed by atoms with van der Waals surface area (Å²) in [6.45, 7) is 1.42. The number of hydrogen-bond donors (Lipinski definition) is 1. The second-order valence-electron chi connectivity index (χ2n) is 5.05. The molecule has 22 heavy (non-hydrogen) atoms. The molecule has 0 spiro atoms. The molecule has 116 valence electrons. The van der Waals surface area contributed by atoms with Crippen molar-refractivity contribution in [1.82, 2.24) is 19.7 Å². The minimum Gasteiger partial charge on any atom is -0.481 e. The summed E-state index contributed by atoms with van der Waals surface area (Å²) in [6.07, 6.45) is 0.837. The van der Waals surface area contributed by atoms with Crippen LogP contribution in [0.25, 0.3) is 11.4 Å². The van der Waals surface area contributed by atoms with Crippen LogP contribution in [0.4, 0.5) is 0 Å². The van der Waals surface area contributed by atoms with Crippen LogP contribution in [-0.2, 0) is 11.5 Å². The molecule has 0 saturated heterocycles. The predicted molar refractivity (Wildman–Crippen MR) is 84.8 cm³/mol. The van der Waals surface area contributed by atoms with Crippen LogP contribution in [0, 0.1) is 0 Å². The Bertz CT molecular complexity index is 674. The number of carbonyl (C=O) groups is 1. The molecule has 3 rings (SSSR count). The Hall–Kier alpha value is -1.57.